The molecule has 3 aromatic rings. The van der Waals surface area contributed by atoms with Crippen molar-refractivity contribution in [3.63, 3.8) is 0 Å². The predicted octanol–water partition coefficient (Wildman–Crippen LogP) is 5.38. The molecule has 23 heavy (non-hydrogen) atoms. The minimum atomic E-state index is 0.00480. The van der Waals surface area contributed by atoms with E-state index in [0.29, 0.717) is 17.1 Å². The molecule has 1 aromatic heterocycles. The number of benzene rings is 2. The fourth-order valence-electron chi connectivity index (χ4n) is 2.53. The van der Waals surface area contributed by atoms with Crippen molar-refractivity contribution in [1.29, 1.82) is 0 Å². The van der Waals surface area contributed by atoms with Crippen LogP contribution in [0.2, 0.25) is 0 Å². The van der Waals surface area contributed by atoms with E-state index >= 15 is 0 Å². The summed E-state index contributed by atoms with van der Waals surface area (Å²) in [5, 5.41) is 0. The van der Waals surface area contributed by atoms with Crippen molar-refractivity contribution in [3.8, 4) is 11.1 Å². The minimum Gasteiger partial charge on any atom is -0.466 e. The fraction of sp³-hybridized carbons (Fsp3) is 0.150. The van der Waals surface area contributed by atoms with Gasteiger partial charge in [0.05, 0.1) is 5.56 Å². The molecule has 0 saturated heterocycles. The van der Waals surface area contributed by atoms with E-state index < -0.39 is 0 Å². The van der Waals surface area contributed by atoms with E-state index in [1.54, 1.807) is 18.7 Å². The molecule has 2 nitrogen and oxygen atoms in total. The van der Waals surface area contributed by atoms with Gasteiger partial charge in [0.25, 0.3) is 0 Å². The van der Waals surface area contributed by atoms with Gasteiger partial charge in [-0.1, -0.05) is 41.6 Å². The maximum absolute atomic E-state index is 12.2. The lowest BCUT2D eigenvalue weighted by atomic mass is 10.0. The summed E-state index contributed by atoms with van der Waals surface area (Å²) in [6.07, 6.45) is 0. The standard InChI is InChI=1S/C20H18O2S/c1-13-4-8-17(9-5-13)23-18-10-6-16(7-11-18)20-15(3)22-14(2)12-19(20)21/h4-12H,1-3H3. The summed E-state index contributed by atoms with van der Waals surface area (Å²) in [5.74, 6) is 1.30. The summed E-state index contributed by atoms with van der Waals surface area (Å²) >= 11 is 1.71. The largest absolute Gasteiger partial charge is 0.466 e. The molecule has 0 fully saturated rings. The van der Waals surface area contributed by atoms with Crippen LogP contribution in [-0.2, 0) is 0 Å². The first-order valence-electron chi connectivity index (χ1n) is 7.49. The van der Waals surface area contributed by atoms with Crippen LogP contribution in [-0.4, -0.2) is 0 Å². The first-order chi connectivity index (χ1) is 11.0. The van der Waals surface area contributed by atoms with E-state index in [1.807, 2.05) is 31.2 Å². The summed E-state index contributed by atoms with van der Waals surface area (Å²) in [6, 6.07) is 18.0. The topological polar surface area (TPSA) is 30.2 Å². The Morgan fingerprint density at radius 2 is 1.39 bits per heavy atom. The van der Waals surface area contributed by atoms with Crippen LogP contribution >= 0.6 is 11.8 Å². The van der Waals surface area contributed by atoms with Gasteiger partial charge in [-0.05, 0) is 50.6 Å². The van der Waals surface area contributed by atoms with Crippen molar-refractivity contribution in [2.45, 2.75) is 30.6 Å². The molecule has 3 rings (SSSR count). The zero-order valence-corrected chi connectivity index (χ0v) is 14.2. The Morgan fingerprint density at radius 3 is 1.96 bits per heavy atom. The van der Waals surface area contributed by atoms with Gasteiger partial charge in [0.15, 0.2) is 5.43 Å². The molecule has 0 unspecified atom stereocenters. The maximum Gasteiger partial charge on any atom is 0.193 e. The van der Waals surface area contributed by atoms with Gasteiger partial charge in [-0.2, -0.15) is 0 Å². The molecule has 0 aliphatic heterocycles. The van der Waals surface area contributed by atoms with Crippen LogP contribution in [0.4, 0.5) is 0 Å². The predicted molar refractivity (Wildman–Crippen MR) is 95.2 cm³/mol. The third-order valence-corrected chi connectivity index (χ3v) is 4.66. The average Bonchev–Trinajstić information content (AvgIpc) is 2.50. The van der Waals surface area contributed by atoms with E-state index in [1.165, 1.54) is 16.5 Å². The van der Waals surface area contributed by atoms with Crippen LogP contribution in [0, 0.1) is 20.8 Å². The molecule has 0 radical (unpaired) electrons. The molecule has 0 bridgehead atoms. The van der Waals surface area contributed by atoms with Gasteiger partial charge in [0.2, 0.25) is 0 Å². The van der Waals surface area contributed by atoms with Crippen molar-refractivity contribution in [1.82, 2.24) is 0 Å². The van der Waals surface area contributed by atoms with Gasteiger partial charge < -0.3 is 4.42 Å². The second-order valence-electron chi connectivity index (χ2n) is 5.59. The third-order valence-electron chi connectivity index (χ3n) is 3.65. The second kappa shape index (κ2) is 6.47. The lowest BCUT2D eigenvalue weighted by molar-refractivity contribution is 0.486. The molecule has 0 N–H and O–H groups in total. The Balaban J connectivity index is 1.88. The van der Waals surface area contributed by atoms with Crippen molar-refractivity contribution in [2.75, 3.05) is 0 Å². The first-order valence-corrected chi connectivity index (χ1v) is 8.31. The number of hydrogen-bond donors (Lipinski definition) is 0. The van der Waals surface area contributed by atoms with Crippen LogP contribution < -0.4 is 5.43 Å². The van der Waals surface area contributed by atoms with Crippen molar-refractivity contribution >= 4 is 11.8 Å². The molecule has 0 amide bonds. The maximum atomic E-state index is 12.2. The molecule has 1 heterocycles. The highest BCUT2D eigenvalue weighted by Gasteiger charge is 2.10. The highest BCUT2D eigenvalue weighted by molar-refractivity contribution is 7.99. The lowest BCUT2D eigenvalue weighted by Crippen LogP contribution is -2.06. The first kappa shape index (κ1) is 15.6. The molecule has 0 saturated carbocycles. The summed E-state index contributed by atoms with van der Waals surface area (Å²) in [5.41, 5.74) is 2.79. The SMILES string of the molecule is Cc1ccc(Sc2ccc(-c3c(C)oc(C)cc3=O)cc2)cc1. The van der Waals surface area contributed by atoms with Crippen molar-refractivity contribution < 1.29 is 4.42 Å². The summed E-state index contributed by atoms with van der Waals surface area (Å²) in [4.78, 5) is 14.6. The molecule has 0 aliphatic carbocycles. The zero-order valence-electron chi connectivity index (χ0n) is 13.4. The third kappa shape index (κ3) is 3.57. The highest BCUT2D eigenvalue weighted by Crippen LogP contribution is 2.30. The Morgan fingerprint density at radius 1 is 0.826 bits per heavy atom. The van der Waals surface area contributed by atoms with Crippen LogP contribution in [0.15, 0.2) is 73.6 Å². The van der Waals surface area contributed by atoms with Crippen LogP contribution in [0.1, 0.15) is 17.1 Å². The van der Waals surface area contributed by atoms with Crippen molar-refractivity contribution in [2.24, 2.45) is 0 Å². The van der Waals surface area contributed by atoms with E-state index in [2.05, 4.69) is 31.2 Å². The van der Waals surface area contributed by atoms with Gasteiger partial charge in [-0.25, -0.2) is 0 Å². The highest BCUT2D eigenvalue weighted by atomic mass is 32.2. The molecule has 0 spiro atoms. The second-order valence-corrected chi connectivity index (χ2v) is 6.74. The van der Waals surface area contributed by atoms with Gasteiger partial charge in [-0.3, -0.25) is 4.79 Å². The normalized spacial score (nSPS) is 10.7. The van der Waals surface area contributed by atoms with E-state index in [0.717, 1.165) is 10.5 Å². The Kier molecular flexibility index (Phi) is 4.39. The van der Waals surface area contributed by atoms with E-state index in [-0.39, 0.29) is 5.43 Å². The average molecular weight is 322 g/mol. The summed E-state index contributed by atoms with van der Waals surface area (Å²) < 4.78 is 5.58. The summed E-state index contributed by atoms with van der Waals surface area (Å²) in [7, 11) is 0. The molecular formula is C20H18O2S. The molecule has 3 heteroatoms. The minimum absolute atomic E-state index is 0.00480. The molecular weight excluding hydrogens is 304 g/mol. The zero-order chi connectivity index (χ0) is 16.4. The number of hydrogen-bond acceptors (Lipinski definition) is 3. The quantitative estimate of drug-likeness (QED) is 0.648. The van der Waals surface area contributed by atoms with Crippen LogP contribution in [0.5, 0.6) is 0 Å². The molecule has 0 aliphatic rings. The molecule has 2 aromatic carbocycles. The van der Waals surface area contributed by atoms with Crippen LogP contribution in [0.3, 0.4) is 0 Å². The van der Waals surface area contributed by atoms with Gasteiger partial charge >= 0.3 is 0 Å². The van der Waals surface area contributed by atoms with Crippen molar-refractivity contribution in [3.05, 3.63) is 81.9 Å². The number of aryl methyl sites for hydroxylation is 3. The van der Waals surface area contributed by atoms with Gasteiger partial charge in [0.1, 0.15) is 11.5 Å². The molecule has 116 valence electrons. The summed E-state index contributed by atoms with van der Waals surface area (Å²) in [6.45, 7) is 5.71. The smallest absolute Gasteiger partial charge is 0.193 e. The van der Waals surface area contributed by atoms with E-state index in [4.69, 9.17) is 4.42 Å². The van der Waals surface area contributed by atoms with E-state index in [9.17, 15) is 4.79 Å². The molecule has 0 atom stereocenters. The Hall–Kier alpha value is -2.26. The Labute approximate surface area is 140 Å². The fourth-order valence-corrected chi connectivity index (χ4v) is 3.35. The van der Waals surface area contributed by atoms with Gasteiger partial charge in [-0.15, -0.1) is 0 Å². The van der Waals surface area contributed by atoms with Gasteiger partial charge in [0, 0.05) is 15.9 Å². The van der Waals surface area contributed by atoms with Crippen LogP contribution in [0.25, 0.3) is 11.1 Å². The Bertz CT molecular complexity index is 875. The number of rotatable bonds is 3. The monoisotopic (exact) mass is 322 g/mol. The lowest BCUT2D eigenvalue weighted by Gasteiger charge is -2.07.